The second kappa shape index (κ2) is 10.9. The number of nitrogens with zero attached hydrogens (tertiary/aromatic N) is 2. The van der Waals surface area contributed by atoms with Crippen LogP contribution in [0.3, 0.4) is 0 Å². The fourth-order valence-electron chi connectivity index (χ4n) is 4.24. The predicted octanol–water partition coefficient (Wildman–Crippen LogP) is 5.19. The monoisotopic (exact) mass is 498 g/mol. The van der Waals surface area contributed by atoms with Gasteiger partial charge in [0.05, 0.1) is 5.52 Å². The van der Waals surface area contributed by atoms with Crippen molar-refractivity contribution in [3.8, 4) is 23.0 Å². The lowest BCUT2D eigenvalue weighted by Crippen LogP contribution is -2.39. The highest BCUT2D eigenvalue weighted by Crippen LogP contribution is 2.24. The zero-order chi connectivity index (χ0) is 26.5. The molecule has 6 nitrogen and oxygen atoms in total. The summed E-state index contributed by atoms with van der Waals surface area (Å²) in [5.41, 5.74) is 5.46. The molecule has 1 atom stereocenters. The minimum atomic E-state index is -0.799. The summed E-state index contributed by atoms with van der Waals surface area (Å²) in [6.07, 6.45) is 0. The summed E-state index contributed by atoms with van der Waals surface area (Å²) >= 11 is 0. The standard InChI is InChI=1S/C32H26N4O2/c1-36(2)32(38)30(24-14-7-4-8-15-24)33-31(37)25-18-20-29-27(21-25)28(34-35-29)19-17-23-13-9-10-16-26(23)22-11-5-3-6-12-22/h3-16,18,20-21,30H,1-2H3,(H,33,37)(H,34,35)/t30-/m1/s1. The van der Waals surface area contributed by atoms with Gasteiger partial charge in [-0.15, -0.1) is 0 Å². The van der Waals surface area contributed by atoms with Gasteiger partial charge in [-0.3, -0.25) is 14.7 Å². The minimum Gasteiger partial charge on any atom is -0.347 e. The first-order valence-corrected chi connectivity index (χ1v) is 12.2. The number of carbonyl (C=O) groups excluding carboxylic acids is 2. The number of benzene rings is 4. The molecule has 186 valence electrons. The molecule has 0 saturated carbocycles. The van der Waals surface area contributed by atoms with Crippen molar-refractivity contribution in [1.29, 1.82) is 0 Å². The van der Waals surface area contributed by atoms with Gasteiger partial charge in [-0.05, 0) is 46.9 Å². The third-order valence-electron chi connectivity index (χ3n) is 6.25. The van der Waals surface area contributed by atoms with Crippen LogP contribution in [0.4, 0.5) is 0 Å². The van der Waals surface area contributed by atoms with Crippen LogP contribution in [0, 0.1) is 11.8 Å². The Labute approximate surface area is 221 Å². The third-order valence-corrected chi connectivity index (χ3v) is 6.25. The van der Waals surface area contributed by atoms with Gasteiger partial charge < -0.3 is 10.2 Å². The van der Waals surface area contributed by atoms with Crippen molar-refractivity contribution in [1.82, 2.24) is 20.4 Å². The van der Waals surface area contributed by atoms with Gasteiger partial charge in [-0.1, -0.05) is 84.8 Å². The van der Waals surface area contributed by atoms with Gasteiger partial charge in [0.1, 0.15) is 11.7 Å². The van der Waals surface area contributed by atoms with Crippen molar-refractivity contribution >= 4 is 22.7 Å². The van der Waals surface area contributed by atoms with Crippen LogP contribution in [-0.2, 0) is 4.79 Å². The van der Waals surface area contributed by atoms with Crippen LogP contribution in [0.1, 0.15) is 33.2 Å². The molecule has 0 fully saturated rings. The average Bonchev–Trinajstić information content (AvgIpc) is 3.37. The summed E-state index contributed by atoms with van der Waals surface area (Å²) in [4.78, 5) is 27.6. The van der Waals surface area contributed by atoms with Crippen LogP contribution in [0.25, 0.3) is 22.0 Å². The Bertz CT molecular complexity index is 1660. The summed E-state index contributed by atoms with van der Waals surface area (Å²) in [7, 11) is 3.34. The number of nitrogens with one attached hydrogen (secondary N) is 2. The molecule has 1 heterocycles. The first kappa shape index (κ1) is 24.5. The van der Waals surface area contributed by atoms with Crippen LogP contribution in [0.2, 0.25) is 0 Å². The SMILES string of the molecule is CN(C)C(=O)[C@H](NC(=O)c1ccc2[nH]nc(C#Cc3ccccc3-c3ccccc3)c2c1)c1ccccc1. The van der Waals surface area contributed by atoms with E-state index >= 15 is 0 Å². The molecule has 0 unspecified atom stereocenters. The Hall–Kier alpha value is -5.15. The maximum atomic E-state index is 13.3. The molecule has 5 aromatic rings. The number of carbonyl (C=O) groups is 2. The molecule has 0 bridgehead atoms. The highest BCUT2D eigenvalue weighted by Gasteiger charge is 2.25. The third kappa shape index (κ3) is 5.18. The van der Waals surface area contributed by atoms with Crippen LogP contribution in [0.15, 0.2) is 103 Å². The van der Waals surface area contributed by atoms with Gasteiger partial charge in [-0.25, -0.2) is 0 Å². The van der Waals surface area contributed by atoms with E-state index < -0.39 is 6.04 Å². The van der Waals surface area contributed by atoms with E-state index in [4.69, 9.17) is 0 Å². The number of rotatable bonds is 5. The predicted molar refractivity (Wildman–Crippen MR) is 149 cm³/mol. The van der Waals surface area contributed by atoms with Gasteiger partial charge in [0.25, 0.3) is 5.91 Å². The quantitative estimate of drug-likeness (QED) is 0.328. The normalized spacial score (nSPS) is 11.3. The Morgan fingerprint density at radius 1 is 0.842 bits per heavy atom. The van der Waals surface area contributed by atoms with Crippen molar-refractivity contribution in [3.63, 3.8) is 0 Å². The Morgan fingerprint density at radius 3 is 2.26 bits per heavy atom. The first-order valence-electron chi connectivity index (χ1n) is 12.2. The Kier molecular flexibility index (Phi) is 7.01. The lowest BCUT2D eigenvalue weighted by molar-refractivity contribution is -0.130. The van der Waals surface area contributed by atoms with Crippen LogP contribution < -0.4 is 5.32 Å². The minimum absolute atomic E-state index is 0.211. The van der Waals surface area contributed by atoms with Gasteiger partial charge in [-0.2, -0.15) is 5.10 Å². The Morgan fingerprint density at radius 2 is 1.53 bits per heavy atom. The van der Waals surface area contributed by atoms with Crippen molar-refractivity contribution in [2.75, 3.05) is 14.1 Å². The van der Waals surface area contributed by atoms with E-state index in [0.29, 0.717) is 16.8 Å². The molecule has 0 aliphatic rings. The van der Waals surface area contributed by atoms with Gasteiger partial charge in [0.15, 0.2) is 0 Å². The molecule has 0 saturated heterocycles. The van der Waals surface area contributed by atoms with Gasteiger partial charge >= 0.3 is 0 Å². The fourth-order valence-corrected chi connectivity index (χ4v) is 4.24. The molecular weight excluding hydrogens is 472 g/mol. The zero-order valence-electron chi connectivity index (χ0n) is 21.1. The van der Waals surface area contributed by atoms with E-state index in [-0.39, 0.29) is 11.8 Å². The summed E-state index contributed by atoms with van der Waals surface area (Å²) in [5, 5.41) is 11.0. The maximum Gasteiger partial charge on any atom is 0.252 e. The maximum absolute atomic E-state index is 13.3. The van der Waals surface area contributed by atoms with Gasteiger partial charge in [0, 0.05) is 30.6 Å². The number of hydrogen-bond donors (Lipinski definition) is 2. The number of aromatic nitrogens is 2. The van der Waals surface area contributed by atoms with Crippen molar-refractivity contribution in [2.24, 2.45) is 0 Å². The molecule has 2 amide bonds. The highest BCUT2D eigenvalue weighted by molar-refractivity contribution is 6.01. The highest BCUT2D eigenvalue weighted by atomic mass is 16.2. The van der Waals surface area contributed by atoms with E-state index in [1.54, 1.807) is 32.3 Å². The Balaban J connectivity index is 1.45. The molecule has 1 aromatic heterocycles. The first-order chi connectivity index (χ1) is 18.5. The number of aromatic amines is 1. The lowest BCUT2D eigenvalue weighted by Gasteiger charge is -2.22. The van der Waals surface area contributed by atoms with E-state index in [1.165, 1.54) is 4.90 Å². The second-order valence-corrected chi connectivity index (χ2v) is 9.04. The topological polar surface area (TPSA) is 78.1 Å². The second-order valence-electron chi connectivity index (χ2n) is 9.04. The van der Waals surface area contributed by atoms with E-state index in [1.807, 2.05) is 72.8 Å². The molecule has 38 heavy (non-hydrogen) atoms. The van der Waals surface area contributed by atoms with Crippen molar-refractivity contribution in [2.45, 2.75) is 6.04 Å². The van der Waals surface area contributed by atoms with Gasteiger partial charge in [0.2, 0.25) is 5.91 Å². The van der Waals surface area contributed by atoms with Crippen LogP contribution in [-0.4, -0.2) is 41.0 Å². The molecule has 0 aliphatic carbocycles. The molecular formula is C32H26N4O2. The van der Waals surface area contributed by atoms with E-state index in [9.17, 15) is 9.59 Å². The van der Waals surface area contributed by atoms with Crippen LogP contribution >= 0.6 is 0 Å². The largest absolute Gasteiger partial charge is 0.347 e. The molecule has 0 aliphatic heterocycles. The lowest BCUT2D eigenvalue weighted by atomic mass is 10.00. The number of hydrogen-bond acceptors (Lipinski definition) is 3. The number of H-pyrrole nitrogens is 1. The van der Waals surface area contributed by atoms with Crippen molar-refractivity contribution in [3.05, 3.63) is 126 Å². The summed E-state index contributed by atoms with van der Waals surface area (Å²) in [6.45, 7) is 0. The number of likely N-dealkylation sites (N-methyl/N-ethyl adjacent to an activating group) is 1. The molecule has 0 radical (unpaired) electrons. The smallest absolute Gasteiger partial charge is 0.252 e. The number of fused-ring (bicyclic) bond motifs is 1. The molecule has 5 rings (SSSR count). The molecule has 0 spiro atoms. The summed E-state index contributed by atoms with van der Waals surface area (Å²) < 4.78 is 0. The fraction of sp³-hybridized carbons (Fsp3) is 0.0938. The van der Waals surface area contributed by atoms with Crippen molar-refractivity contribution < 1.29 is 9.59 Å². The van der Waals surface area contributed by atoms with E-state index in [0.717, 1.165) is 27.6 Å². The molecule has 2 N–H and O–H groups in total. The van der Waals surface area contributed by atoms with E-state index in [2.05, 4.69) is 39.5 Å². The number of amides is 2. The zero-order valence-corrected chi connectivity index (χ0v) is 21.1. The van der Waals surface area contributed by atoms with Crippen LogP contribution in [0.5, 0.6) is 0 Å². The average molecular weight is 499 g/mol. The molecule has 6 heteroatoms. The summed E-state index contributed by atoms with van der Waals surface area (Å²) in [5.74, 6) is 5.86. The molecule has 4 aromatic carbocycles. The summed E-state index contributed by atoms with van der Waals surface area (Å²) in [6, 6.07) is 31.7.